The molecular weight excluding hydrogens is 320 g/mol. The van der Waals surface area contributed by atoms with Crippen molar-refractivity contribution in [2.24, 2.45) is 0 Å². The normalized spacial score (nSPS) is 19.9. The van der Waals surface area contributed by atoms with Gasteiger partial charge in [0.15, 0.2) is 0 Å². The van der Waals surface area contributed by atoms with Gasteiger partial charge in [0.05, 0.1) is 18.3 Å². The molecule has 0 bridgehead atoms. The van der Waals surface area contributed by atoms with Gasteiger partial charge in [0.1, 0.15) is 5.60 Å². The molecule has 1 spiro atoms. The molecule has 0 saturated carbocycles. The van der Waals surface area contributed by atoms with Crippen molar-refractivity contribution in [3.8, 4) is 0 Å². The van der Waals surface area contributed by atoms with Gasteiger partial charge in [-0.1, -0.05) is 0 Å². The molecule has 1 aromatic heterocycles. The maximum atomic E-state index is 12.5. The first kappa shape index (κ1) is 15.9. The monoisotopic (exact) mass is 342 g/mol. The van der Waals surface area contributed by atoms with Crippen molar-refractivity contribution in [2.75, 3.05) is 24.5 Å². The van der Waals surface area contributed by atoms with Crippen LogP contribution in [0.4, 0.5) is 10.5 Å². The Balaban J connectivity index is 1.62. The summed E-state index contributed by atoms with van der Waals surface area (Å²) < 4.78 is 7.70. The number of nitrogens with zero attached hydrogens (tertiary/aromatic N) is 4. The second kappa shape index (κ2) is 5.75. The van der Waals surface area contributed by atoms with Gasteiger partial charge in [0.2, 0.25) is 6.41 Å². The minimum Gasteiger partial charge on any atom is -0.440 e. The van der Waals surface area contributed by atoms with Crippen molar-refractivity contribution in [2.45, 2.75) is 38.3 Å². The summed E-state index contributed by atoms with van der Waals surface area (Å²) in [6, 6.07) is 6.18. The first-order valence-electron chi connectivity index (χ1n) is 8.68. The molecule has 1 aromatic carbocycles. The fourth-order valence-electron chi connectivity index (χ4n) is 3.72. The molecule has 0 N–H and O–H groups in total. The molecule has 3 heterocycles. The number of hydrogen-bond acceptors (Lipinski definition) is 4. The lowest BCUT2D eigenvalue weighted by Crippen LogP contribution is -2.46. The molecule has 4 rings (SSSR count). The fourth-order valence-corrected chi connectivity index (χ4v) is 3.72. The minimum absolute atomic E-state index is 0.247. The summed E-state index contributed by atoms with van der Waals surface area (Å²) in [4.78, 5) is 26.8. The number of ether oxygens (including phenoxy) is 1. The number of aromatic nitrogens is 2. The standard InChI is InChI=1S/C18H22N4O3/c1-13(2)22-16-9-15(4-3-14(16)10-19-22)21-11-18(25-17(21)24)5-7-20(12-23)8-6-18/h3-4,9-10,12-13H,5-8,11H2,1-2H3. The van der Waals surface area contributed by atoms with Crippen LogP contribution in [-0.4, -0.2) is 52.4 Å². The topological polar surface area (TPSA) is 67.7 Å². The summed E-state index contributed by atoms with van der Waals surface area (Å²) in [5, 5.41) is 5.48. The number of anilines is 1. The zero-order valence-electron chi connectivity index (χ0n) is 14.5. The highest BCUT2D eigenvalue weighted by molar-refractivity contribution is 5.93. The van der Waals surface area contributed by atoms with E-state index in [9.17, 15) is 9.59 Å². The third-order valence-electron chi connectivity index (χ3n) is 5.21. The van der Waals surface area contributed by atoms with Crippen molar-refractivity contribution in [1.29, 1.82) is 0 Å². The maximum Gasteiger partial charge on any atom is 0.415 e. The number of likely N-dealkylation sites (tertiary alicyclic amines) is 1. The van der Waals surface area contributed by atoms with Crippen LogP contribution >= 0.6 is 0 Å². The van der Waals surface area contributed by atoms with Crippen molar-refractivity contribution >= 4 is 29.1 Å². The van der Waals surface area contributed by atoms with E-state index in [2.05, 4.69) is 18.9 Å². The minimum atomic E-state index is -0.482. The van der Waals surface area contributed by atoms with Crippen molar-refractivity contribution in [1.82, 2.24) is 14.7 Å². The molecular formula is C18H22N4O3. The Morgan fingerprint density at radius 2 is 2.04 bits per heavy atom. The van der Waals surface area contributed by atoms with Gasteiger partial charge in [-0.05, 0) is 32.0 Å². The van der Waals surface area contributed by atoms with Crippen LogP contribution in [0, 0.1) is 0 Å². The van der Waals surface area contributed by atoms with Gasteiger partial charge in [0, 0.05) is 43.0 Å². The molecule has 2 amide bonds. The third-order valence-corrected chi connectivity index (χ3v) is 5.21. The molecule has 0 aliphatic carbocycles. The van der Waals surface area contributed by atoms with E-state index in [1.165, 1.54) is 0 Å². The van der Waals surface area contributed by atoms with Crippen LogP contribution in [0.1, 0.15) is 32.7 Å². The first-order valence-corrected chi connectivity index (χ1v) is 8.68. The smallest absolute Gasteiger partial charge is 0.415 e. The van der Waals surface area contributed by atoms with Gasteiger partial charge in [-0.15, -0.1) is 0 Å². The lowest BCUT2D eigenvalue weighted by atomic mass is 9.91. The predicted octanol–water partition coefficient (Wildman–Crippen LogP) is 2.56. The molecule has 7 nitrogen and oxygen atoms in total. The van der Waals surface area contributed by atoms with Gasteiger partial charge in [0.25, 0.3) is 0 Å². The Labute approximate surface area is 146 Å². The summed E-state index contributed by atoms with van der Waals surface area (Å²) in [5.74, 6) is 0. The molecule has 0 atom stereocenters. The largest absolute Gasteiger partial charge is 0.440 e. The van der Waals surface area contributed by atoms with Crippen LogP contribution in [0.2, 0.25) is 0 Å². The van der Waals surface area contributed by atoms with Gasteiger partial charge in [-0.3, -0.25) is 14.4 Å². The van der Waals surface area contributed by atoms with Crippen LogP contribution in [0.5, 0.6) is 0 Å². The summed E-state index contributed by atoms with van der Waals surface area (Å²) in [7, 11) is 0. The van der Waals surface area contributed by atoms with E-state index in [4.69, 9.17) is 4.74 Å². The maximum absolute atomic E-state index is 12.5. The van der Waals surface area contributed by atoms with Crippen LogP contribution in [-0.2, 0) is 9.53 Å². The number of hydrogen-bond donors (Lipinski definition) is 0. The molecule has 2 aromatic rings. The summed E-state index contributed by atoms with van der Waals surface area (Å²) >= 11 is 0. The highest BCUT2D eigenvalue weighted by atomic mass is 16.6. The SMILES string of the molecule is CC(C)n1ncc2ccc(N3CC4(CCN(C=O)CC4)OC3=O)cc21. The molecule has 0 unspecified atom stereocenters. The quantitative estimate of drug-likeness (QED) is 0.804. The lowest BCUT2D eigenvalue weighted by molar-refractivity contribution is -0.121. The Morgan fingerprint density at radius 1 is 1.28 bits per heavy atom. The summed E-state index contributed by atoms with van der Waals surface area (Å²) in [5.41, 5.74) is 1.36. The lowest BCUT2D eigenvalue weighted by Gasteiger charge is -2.35. The average molecular weight is 342 g/mol. The Kier molecular flexibility index (Phi) is 3.67. The molecule has 2 fully saturated rings. The number of carbonyl (C=O) groups is 2. The van der Waals surface area contributed by atoms with Gasteiger partial charge >= 0.3 is 6.09 Å². The number of rotatable bonds is 3. The molecule has 7 heteroatoms. The van der Waals surface area contributed by atoms with Gasteiger partial charge in [-0.25, -0.2) is 4.79 Å². The first-order chi connectivity index (χ1) is 12.0. The Morgan fingerprint density at radius 3 is 2.72 bits per heavy atom. The van der Waals surface area contributed by atoms with Crippen LogP contribution < -0.4 is 4.90 Å². The molecule has 132 valence electrons. The predicted molar refractivity (Wildman–Crippen MR) is 93.5 cm³/mol. The van der Waals surface area contributed by atoms with E-state index in [1.54, 1.807) is 9.80 Å². The zero-order valence-corrected chi connectivity index (χ0v) is 14.5. The van der Waals surface area contributed by atoms with E-state index < -0.39 is 5.60 Å². The van der Waals surface area contributed by atoms with E-state index in [-0.39, 0.29) is 12.1 Å². The van der Waals surface area contributed by atoms with Crippen LogP contribution in [0.15, 0.2) is 24.4 Å². The summed E-state index contributed by atoms with van der Waals surface area (Å²) in [6.07, 6.45) is 3.76. The second-order valence-corrected chi connectivity index (χ2v) is 7.20. The Hall–Kier alpha value is -2.57. The number of amides is 2. The van der Waals surface area contributed by atoms with E-state index >= 15 is 0 Å². The fraction of sp³-hybridized carbons (Fsp3) is 0.500. The molecule has 2 saturated heterocycles. The van der Waals surface area contributed by atoms with Gasteiger partial charge in [-0.2, -0.15) is 5.10 Å². The zero-order chi connectivity index (χ0) is 17.6. The molecule has 2 aliphatic rings. The van der Waals surface area contributed by atoms with E-state index in [0.29, 0.717) is 32.5 Å². The van der Waals surface area contributed by atoms with E-state index in [0.717, 1.165) is 23.0 Å². The van der Waals surface area contributed by atoms with E-state index in [1.807, 2.05) is 29.1 Å². The van der Waals surface area contributed by atoms with Crippen LogP contribution in [0.25, 0.3) is 10.9 Å². The van der Waals surface area contributed by atoms with Crippen molar-refractivity contribution < 1.29 is 14.3 Å². The highest BCUT2D eigenvalue weighted by Gasteiger charge is 2.47. The Bertz CT molecular complexity index is 821. The molecule has 25 heavy (non-hydrogen) atoms. The van der Waals surface area contributed by atoms with Crippen molar-refractivity contribution in [3.05, 3.63) is 24.4 Å². The number of piperidine rings is 1. The number of benzene rings is 1. The molecule has 0 radical (unpaired) electrons. The number of fused-ring (bicyclic) bond motifs is 1. The summed E-state index contributed by atoms with van der Waals surface area (Å²) in [6.45, 7) is 5.95. The third kappa shape index (κ3) is 2.63. The van der Waals surface area contributed by atoms with Gasteiger partial charge < -0.3 is 9.64 Å². The average Bonchev–Trinajstić information content (AvgIpc) is 3.16. The van der Waals surface area contributed by atoms with Crippen LogP contribution in [0.3, 0.4) is 0 Å². The highest BCUT2D eigenvalue weighted by Crippen LogP contribution is 2.36. The second-order valence-electron chi connectivity index (χ2n) is 7.20. The number of carbonyl (C=O) groups excluding carboxylic acids is 2. The molecule has 2 aliphatic heterocycles. The van der Waals surface area contributed by atoms with Crippen molar-refractivity contribution in [3.63, 3.8) is 0 Å².